The Bertz CT molecular complexity index is 722. The molecule has 1 aliphatic heterocycles. The number of rotatable bonds is 4. The van der Waals surface area contributed by atoms with Crippen LogP contribution in [-0.2, 0) is 17.8 Å². The number of aryl methyl sites for hydroxylation is 1. The van der Waals surface area contributed by atoms with Gasteiger partial charge in [-0.05, 0) is 19.1 Å². The third kappa shape index (κ3) is 3.60. The minimum Gasteiger partial charge on any atom is -0.503 e. The van der Waals surface area contributed by atoms with Crippen LogP contribution in [0.4, 0.5) is 0 Å². The number of pyridine rings is 2. The van der Waals surface area contributed by atoms with E-state index in [1.165, 1.54) is 6.07 Å². The van der Waals surface area contributed by atoms with Gasteiger partial charge in [0.25, 0.3) is 0 Å². The van der Waals surface area contributed by atoms with Crippen LogP contribution >= 0.6 is 0 Å². The molecule has 0 spiro atoms. The summed E-state index contributed by atoms with van der Waals surface area (Å²) >= 11 is 0. The van der Waals surface area contributed by atoms with Gasteiger partial charge in [-0.15, -0.1) is 0 Å². The predicted molar refractivity (Wildman–Crippen MR) is 86.5 cm³/mol. The largest absolute Gasteiger partial charge is 0.503 e. The van der Waals surface area contributed by atoms with Gasteiger partial charge in [0.2, 0.25) is 5.43 Å². The van der Waals surface area contributed by atoms with Gasteiger partial charge in [0.1, 0.15) is 0 Å². The highest BCUT2D eigenvalue weighted by Gasteiger charge is 2.18. The molecule has 0 aliphatic carbocycles. The zero-order valence-corrected chi connectivity index (χ0v) is 13.2. The van der Waals surface area contributed by atoms with E-state index in [2.05, 4.69) is 9.88 Å². The van der Waals surface area contributed by atoms with Crippen molar-refractivity contribution in [2.24, 2.45) is 0 Å². The number of ether oxygens (including phenoxy) is 1. The van der Waals surface area contributed by atoms with Gasteiger partial charge in [-0.2, -0.15) is 0 Å². The first-order chi connectivity index (χ1) is 11.1. The Morgan fingerprint density at radius 3 is 2.74 bits per heavy atom. The normalized spacial score (nSPS) is 15.7. The maximum atomic E-state index is 12.0. The van der Waals surface area contributed by atoms with Crippen LogP contribution in [0, 0.1) is 6.92 Å². The number of aromatic hydroxyl groups is 1. The highest BCUT2D eigenvalue weighted by atomic mass is 16.5. The molecule has 1 saturated heterocycles. The molecule has 0 radical (unpaired) electrons. The average molecular weight is 315 g/mol. The number of hydrogen-bond acceptors (Lipinski definition) is 5. The smallest absolute Gasteiger partial charge is 0.223 e. The topological polar surface area (TPSA) is 67.6 Å². The molecule has 3 heterocycles. The maximum absolute atomic E-state index is 12.0. The second-order valence-corrected chi connectivity index (χ2v) is 5.74. The zero-order valence-electron chi connectivity index (χ0n) is 13.2. The van der Waals surface area contributed by atoms with Crippen molar-refractivity contribution in [3.8, 4) is 5.75 Å². The predicted octanol–water partition coefficient (Wildman–Crippen LogP) is 1.14. The first-order valence-corrected chi connectivity index (χ1v) is 7.77. The van der Waals surface area contributed by atoms with E-state index >= 15 is 0 Å². The van der Waals surface area contributed by atoms with Gasteiger partial charge in [0, 0.05) is 37.6 Å². The summed E-state index contributed by atoms with van der Waals surface area (Å²) < 4.78 is 7.33. The van der Waals surface area contributed by atoms with E-state index in [-0.39, 0.29) is 11.2 Å². The zero-order chi connectivity index (χ0) is 16.2. The maximum Gasteiger partial charge on any atom is 0.223 e. The van der Waals surface area contributed by atoms with E-state index in [0.717, 1.165) is 24.5 Å². The van der Waals surface area contributed by atoms with Gasteiger partial charge < -0.3 is 14.4 Å². The fraction of sp³-hybridized carbons (Fsp3) is 0.412. The summed E-state index contributed by atoms with van der Waals surface area (Å²) in [6.07, 6.45) is 1.74. The van der Waals surface area contributed by atoms with Crippen molar-refractivity contribution in [3.05, 3.63) is 57.8 Å². The van der Waals surface area contributed by atoms with Crippen LogP contribution in [0.1, 0.15) is 17.1 Å². The molecule has 1 aliphatic rings. The van der Waals surface area contributed by atoms with Crippen molar-refractivity contribution in [1.82, 2.24) is 14.5 Å². The van der Waals surface area contributed by atoms with Crippen LogP contribution in [0.25, 0.3) is 0 Å². The Balaban J connectivity index is 1.96. The molecule has 0 unspecified atom stereocenters. The van der Waals surface area contributed by atoms with Crippen LogP contribution < -0.4 is 5.43 Å². The highest BCUT2D eigenvalue weighted by Crippen LogP contribution is 2.18. The van der Waals surface area contributed by atoms with E-state index in [1.54, 1.807) is 6.20 Å². The lowest BCUT2D eigenvalue weighted by Crippen LogP contribution is -2.37. The molecule has 0 aromatic carbocycles. The minimum absolute atomic E-state index is 0.168. The lowest BCUT2D eigenvalue weighted by atomic mass is 10.2. The van der Waals surface area contributed by atoms with Gasteiger partial charge in [-0.25, -0.2) is 0 Å². The molecule has 6 nitrogen and oxygen atoms in total. The van der Waals surface area contributed by atoms with Crippen molar-refractivity contribution in [2.75, 3.05) is 26.3 Å². The highest BCUT2D eigenvalue weighted by molar-refractivity contribution is 5.30. The van der Waals surface area contributed by atoms with E-state index in [1.807, 2.05) is 29.7 Å². The Kier molecular flexibility index (Phi) is 4.73. The molecule has 0 atom stereocenters. The molecule has 3 rings (SSSR count). The van der Waals surface area contributed by atoms with Gasteiger partial charge >= 0.3 is 0 Å². The van der Waals surface area contributed by atoms with Crippen molar-refractivity contribution >= 4 is 0 Å². The average Bonchev–Trinajstić information content (AvgIpc) is 2.58. The lowest BCUT2D eigenvalue weighted by molar-refractivity contribution is 0.0327. The quantitative estimate of drug-likeness (QED) is 0.916. The minimum atomic E-state index is -0.331. The second-order valence-electron chi connectivity index (χ2n) is 5.74. The Hall–Kier alpha value is -2.18. The molecule has 0 amide bonds. The summed E-state index contributed by atoms with van der Waals surface area (Å²) in [6.45, 7) is 5.89. The van der Waals surface area contributed by atoms with E-state index in [0.29, 0.717) is 32.0 Å². The molecule has 0 bridgehead atoms. The van der Waals surface area contributed by atoms with Crippen LogP contribution in [0.2, 0.25) is 0 Å². The summed E-state index contributed by atoms with van der Waals surface area (Å²) in [4.78, 5) is 18.5. The van der Waals surface area contributed by atoms with Crippen LogP contribution in [-0.4, -0.2) is 45.9 Å². The second kappa shape index (κ2) is 6.93. The SMILES string of the molecule is Cc1cc(=O)c(O)c(CN2CCOCC2)n1Cc1ccccn1. The van der Waals surface area contributed by atoms with Gasteiger partial charge in [-0.1, -0.05) is 6.07 Å². The first-order valence-electron chi connectivity index (χ1n) is 7.77. The Morgan fingerprint density at radius 2 is 2.04 bits per heavy atom. The third-order valence-electron chi connectivity index (χ3n) is 4.12. The fourth-order valence-corrected chi connectivity index (χ4v) is 2.82. The van der Waals surface area contributed by atoms with Crippen molar-refractivity contribution in [3.63, 3.8) is 0 Å². The van der Waals surface area contributed by atoms with Crippen molar-refractivity contribution < 1.29 is 9.84 Å². The van der Waals surface area contributed by atoms with E-state index < -0.39 is 0 Å². The molecule has 6 heteroatoms. The standard InChI is InChI=1S/C17H21N3O3/c1-13-10-16(21)17(22)15(12-19-6-8-23-9-7-19)20(13)11-14-4-2-3-5-18-14/h2-5,10,22H,6-9,11-12H2,1H3. The van der Waals surface area contributed by atoms with E-state index in [9.17, 15) is 9.90 Å². The third-order valence-corrected chi connectivity index (χ3v) is 4.12. The Morgan fingerprint density at radius 1 is 1.26 bits per heavy atom. The molecular weight excluding hydrogens is 294 g/mol. The number of hydrogen-bond donors (Lipinski definition) is 1. The van der Waals surface area contributed by atoms with Gasteiger partial charge in [0.05, 0.1) is 31.1 Å². The summed E-state index contributed by atoms with van der Waals surface area (Å²) in [5, 5.41) is 10.3. The molecule has 23 heavy (non-hydrogen) atoms. The molecule has 2 aromatic rings. The number of nitrogens with zero attached hydrogens (tertiary/aromatic N) is 3. The number of morpholine rings is 1. The van der Waals surface area contributed by atoms with Gasteiger partial charge in [0.15, 0.2) is 5.75 Å². The summed E-state index contributed by atoms with van der Waals surface area (Å²) in [5.41, 5.74) is 2.02. The molecule has 2 aromatic heterocycles. The molecule has 1 fully saturated rings. The lowest BCUT2D eigenvalue weighted by Gasteiger charge is -2.28. The van der Waals surface area contributed by atoms with Crippen LogP contribution in [0.15, 0.2) is 35.3 Å². The summed E-state index contributed by atoms with van der Waals surface area (Å²) in [7, 11) is 0. The van der Waals surface area contributed by atoms with Crippen molar-refractivity contribution in [1.29, 1.82) is 0 Å². The molecule has 122 valence electrons. The Labute approximate surface area is 135 Å². The molecule has 0 saturated carbocycles. The summed E-state index contributed by atoms with van der Waals surface area (Å²) in [5.74, 6) is -0.168. The monoisotopic (exact) mass is 315 g/mol. The van der Waals surface area contributed by atoms with Crippen LogP contribution in [0.3, 0.4) is 0 Å². The first kappa shape index (κ1) is 15.7. The molecule has 1 N–H and O–H groups in total. The van der Waals surface area contributed by atoms with Crippen molar-refractivity contribution in [2.45, 2.75) is 20.0 Å². The van der Waals surface area contributed by atoms with Gasteiger partial charge in [-0.3, -0.25) is 14.7 Å². The molecular formula is C17H21N3O3. The number of aromatic nitrogens is 2. The van der Waals surface area contributed by atoms with Crippen LogP contribution in [0.5, 0.6) is 5.75 Å². The summed E-state index contributed by atoms with van der Waals surface area (Å²) in [6, 6.07) is 7.21. The van der Waals surface area contributed by atoms with E-state index in [4.69, 9.17) is 4.74 Å². The fourth-order valence-electron chi connectivity index (χ4n) is 2.82.